The predicted molar refractivity (Wildman–Crippen MR) is 84.8 cm³/mol. The third-order valence-electron chi connectivity index (χ3n) is 3.37. The van der Waals surface area contributed by atoms with Crippen molar-refractivity contribution in [2.75, 3.05) is 12.0 Å². The minimum atomic E-state index is -0.736. The van der Waals surface area contributed by atoms with E-state index in [9.17, 15) is 14.0 Å². The summed E-state index contributed by atoms with van der Waals surface area (Å²) in [5.74, 6) is -0.876. The Kier molecular flexibility index (Phi) is 5.64. The van der Waals surface area contributed by atoms with Crippen molar-refractivity contribution in [3.05, 3.63) is 27.6 Å². The van der Waals surface area contributed by atoms with Crippen molar-refractivity contribution >= 4 is 35.0 Å². The number of nitriles is 2. The van der Waals surface area contributed by atoms with Crippen molar-refractivity contribution in [3.8, 4) is 12.1 Å². The summed E-state index contributed by atoms with van der Waals surface area (Å²) in [6.45, 7) is -0.896. The van der Waals surface area contributed by atoms with Crippen LogP contribution in [-0.4, -0.2) is 27.6 Å². The van der Waals surface area contributed by atoms with Crippen molar-refractivity contribution in [1.82, 2.24) is 4.57 Å². The molecule has 9 heteroatoms. The highest BCUT2D eigenvalue weighted by atomic mass is 35.5. The lowest BCUT2D eigenvalue weighted by molar-refractivity contribution is -0.115. The van der Waals surface area contributed by atoms with Crippen LogP contribution in [0.1, 0.15) is 6.42 Å². The summed E-state index contributed by atoms with van der Waals surface area (Å²) in [5, 5.41) is 19.3. The molecule has 1 saturated heterocycles. The third kappa shape index (κ3) is 3.84. The van der Waals surface area contributed by atoms with Gasteiger partial charge < -0.3 is 9.88 Å². The highest BCUT2D eigenvalue weighted by molar-refractivity contribution is 8.01. The van der Waals surface area contributed by atoms with E-state index in [1.54, 1.807) is 0 Å². The fourth-order valence-corrected chi connectivity index (χ4v) is 3.74. The molecule has 0 aliphatic carbocycles. The van der Waals surface area contributed by atoms with E-state index in [1.807, 2.05) is 12.1 Å². The monoisotopic (exact) mass is 354 g/mol. The highest BCUT2D eigenvalue weighted by Gasteiger charge is 2.39. The first-order valence-electron chi connectivity index (χ1n) is 6.71. The summed E-state index contributed by atoms with van der Waals surface area (Å²) in [6, 6.07) is 5.32. The molecule has 0 saturated carbocycles. The van der Waals surface area contributed by atoms with Crippen LogP contribution in [0.5, 0.6) is 0 Å². The molecule has 1 amide bonds. The number of aryl methyl sites for hydroxylation is 1. The Morgan fingerprint density at radius 1 is 1.52 bits per heavy atom. The summed E-state index contributed by atoms with van der Waals surface area (Å²) in [7, 11) is 0. The zero-order valence-corrected chi connectivity index (χ0v) is 13.4. The first-order chi connectivity index (χ1) is 11.0. The smallest absolute Gasteiger partial charge is 0.269 e. The van der Waals surface area contributed by atoms with Gasteiger partial charge in [-0.2, -0.15) is 10.5 Å². The van der Waals surface area contributed by atoms with E-state index in [2.05, 4.69) is 5.32 Å². The summed E-state index contributed by atoms with van der Waals surface area (Å²) in [6.07, 6.45) is 1.60. The van der Waals surface area contributed by atoms with Gasteiger partial charge in [0.25, 0.3) is 5.56 Å². The van der Waals surface area contributed by atoms with E-state index in [0.29, 0.717) is 0 Å². The van der Waals surface area contributed by atoms with Crippen molar-refractivity contribution < 1.29 is 9.18 Å². The number of pyridine rings is 1. The van der Waals surface area contributed by atoms with Crippen LogP contribution in [0.2, 0.25) is 5.02 Å². The van der Waals surface area contributed by atoms with E-state index in [4.69, 9.17) is 22.1 Å². The summed E-state index contributed by atoms with van der Waals surface area (Å²) in [5.41, 5.74) is -0.269. The van der Waals surface area contributed by atoms with Gasteiger partial charge in [0.15, 0.2) is 0 Å². The normalized spacial score (nSPS) is 23.0. The first kappa shape index (κ1) is 17.3. The molecule has 23 heavy (non-hydrogen) atoms. The van der Waals surface area contributed by atoms with Crippen molar-refractivity contribution in [1.29, 1.82) is 10.5 Å². The van der Waals surface area contributed by atoms with Crippen LogP contribution in [0.25, 0.3) is 0 Å². The minimum absolute atomic E-state index is 0.125. The lowest BCUT2D eigenvalue weighted by atomic mass is 10.0. The number of hydrogen-bond donors (Lipinski definition) is 1. The second-order valence-corrected chi connectivity index (χ2v) is 6.66. The average molecular weight is 355 g/mol. The van der Waals surface area contributed by atoms with Gasteiger partial charge >= 0.3 is 0 Å². The topological polar surface area (TPSA) is 98.7 Å². The van der Waals surface area contributed by atoms with Gasteiger partial charge in [0.2, 0.25) is 5.91 Å². The number of hydrogen-bond acceptors (Lipinski definition) is 5. The molecular formula is C14H12ClFN4O2S. The molecule has 0 aromatic carbocycles. The molecule has 1 aliphatic heterocycles. The van der Waals surface area contributed by atoms with E-state index >= 15 is 0 Å². The van der Waals surface area contributed by atoms with E-state index in [-0.39, 0.29) is 29.6 Å². The van der Waals surface area contributed by atoms with Crippen LogP contribution in [0.15, 0.2) is 17.1 Å². The fourth-order valence-electron chi connectivity index (χ4n) is 2.24. The zero-order chi connectivity index (χ0) is 17.0. The molecule has 1 fully saturated rings. The number of thioether (sulfide) groups is 1. The van der Waals surface area contributed by atoms with Crippen LogP contribution in [0, 0.1) is 28.6 Å². The molecule has 1 aromatic heterocycles. The standard InChI is InChI=1S/C14H12ClFN4O2S/c15-10-4-9(7-20(2-1-16)14(10)22)19-13(21)11-3-8(5-17)12(6-18)23-11/h4,7-8,11-12H,1-3H2,(H,19,21). The van der Waals surface area contributed by atoms with Gasteiger partial charge in [-0.05, 0) is 12.5 Å². The van der Waals surface area contributed by atoms with Crippen LogP contribution in [0.3, 0.4) is 0 Å². The Labute approximate surface area is 140 Å². The molecule has 3 unspecified atom stereocenters. The molecular weight excluding hydrogens is 343 g/mol. The van der Waals surface area contributed by atoms with E-state index < -0.39 is 28.7 Å². The number of carbonyl (C=O) groups is 1. The number of carbonyl (C=O) groups excluding carboxylic acids is 1. The Morgan fingerprint density at radius 2 is 2.26 bits per heavy atom. The molecule has 0 spiro atoms. The maximum absolute atomic E-state index is 12.4. The number of amides is 1. The number of aromatic nitrogens is 1. The van der Waals surface area contributed by atoms with Crippen LogP contribution < -0.4 is 10.9 Å². The highest BCUT2D eigenvalue weighted by Crippen LogP contribution is 2.38. The quantitative estimate of drug-likeness (QED) is 0.890. The van der Waals surface area contributed by atoms with E-state index in [1.165, 1.54) is 12.3 Å². The third-order valence-corrected chi connectivity index (χ3v) is 5.10. The van der Waals surface area contributed by atoms with Crippen molar-refractivity contribution in [3.63, 3.8) is 0 Å². The number of rotatable bonds is 4. The average Bonchev–Trinajstić information content (AvgIpc) is 2.95. The van der Waals surface area contributed by atoms with Crippen molar-refractivity contribution in [2.24, 2.45) is 5.92 Å². The molecule has 3 atom stereocenters. The van der Waals surface area contributed by atoms with Crippen LogP contribution in [0.4, 0.5) is 10.1 Å². The minimum Gasteiger partial charge on any atom is -0.324 e. The number of nitrogens with zero attached hydrogens (tertiary/aromatic N) is 3. The Morgan fingerprint density at radius 3 is 2.83 bits per heavy atom. The Hall–Kier alpha value is -2.03. The molecule has 0 radical (unpaired) electrons. The first-order valence-corrected chi connectivity index (χ1v) is 8.03. The fraction of sp³-hybridized carbons (Fsp3) is 0.429. The molecule has 1 aromatic rings. The van der Waals surface area contributed by atoms with Gasteiger partial charge in [0, 0.05) is 6.20 Å². The predicted octanol–water partition coefficient (Wildman–Crippen LogP) is 1.95. The molecule has 6 nitrogen and oxygen atoms in total. The molecule has 120 valence electrons. The summed E-state index contributed by atoms with van der Waals surface area (Å²) in [4.78, 5) is 23.9. The number of alkyl halides is 1. The Bertz CT molecular complexity index is 733. The van der Waals surface area contributed by atoms with Gasteiger partial charge in [-0.25, -0.2) is 4.39 Å². The van der Waals surface area contributed by atoms with Gasteiger partial charge in [0.05, 0.1) is 35.5 Å². The molecule has 1 N–H and O–H groups in total. The van der Waals surface area contributed by atoms with Gasteiger partial charge in [-0.3, -0.25) is 9.59 Å². The number of halogens is 2. The summed E-state index contributed by atoms with van der Waals surface area (Å²) < 4.78 is 13.5. The summed E-state index contributed by atoms with van der Waals surface area (Å²) >= 11 is 6.93. The van der Waals surface area contributed by atoms with Crippen LogP contribution >= 0.6 is 23.4 Å². The van der Waals surface area contributed by atoms with Gasteiger partial charge in [-0.1, -0.05) is 11.6 Å². The molecule has 0 bridgehead atoms. The van der Waals surface area contributed by atoms with Gasteiger partial charge in [0.1, 0.15) is 16.9 Å². The SMILES string of the molecule is N#CC1CC(C(=O)Nc2cc(Cl)c(=O)n(CCF)c2)SC1C#N. The zero-order valence-electron chi connectivity index (χ0n) is 11.8. The molecule has 1 aliphatic rings. The lowest BCUT2D eigenvalue weighted by Crippen LogP contribution is -2.26. The molecule has 2 heterocycles. The second-order valence-electron chi connectivity index (χ2n) is 4.90. The number of nitrogens with one attached hydrogen (secondary N) is 1. The maximum Gasteiger partial charge on any atom is 0.269 e. The largest absolute Gasteiger partial charge is 0.324 e. The number of anilines is 1. The Balaban J connectivity index is 2.14. The lowest BCUT2D eigenvalue weighted by Gasteiger charge is -2.12. The molecule has 2 rings (SSSR count). The van der Waals surface area contributed by atoms with Crippen LogP contribution in [-0.2, 0) is 11.3 Å². The second kappa shape index (κ2) is 7.49. The van der Waals surface area contributed by atoms with Gasteiger partial charge in [-0.15, -0.1) is 11.8 Å². The van der Waals surface area contributed by atoms with Crippen molar-refractivity contribution in [2.45, 2.75) is 23.5 Å². The maximum atomic E-state index is 12.4. The van der Waals surface area contributed by atoms with E-state index in [0.717, 1.165) is 16.3 Å².